The van der Waals surface area contributed by atoms with Crippen LogP contribution in [-0.4, -0.2) is 18.7 Å². The Morgan fingerprint density at radius 3 is 2.70 bits per heavy atom. The Hall–Kier alpha value is -2.59. The highest BCUT2D eigenvalue weighted by atomic mass is 35.5. The first-order valence-corrected chi connectivity index (χ1v) is 7.55. The molecule has 118 valence electrons. The number of carbonyl (C=O) groups excluding carboxylic acids is 1. The van der Waals surface area contributed by atoms with Crippen LogP contribution in [0.4, 0.5) is 0 Å². The molecule has 4 nitrogen and oxygen atoms in total. The lowest BCUT2D eigenvalue weighted by Crippen LogP contribution is -2.14. The van der Waals surface area contributed by atoms with Gasteiger partial charge in [0.05, 0.1) is 12.8 Å². The minimum atomic E-state index is -0.315. The molecule has 5 heteroatoms. The van der Waals surface area contributed by atoms with Crippen LogP contribution >= 0.6 is 11.6 Å². The van der Waals surface area contributed by atoms with E-state index in [4.69, 9.17) is 16.3 Å². The number of hydrogen-bond donors (Lipinski definition) is 1. The second-order valence-corrected chi connectivity index (χ2v) is 5.03. The van der Waals surface area contributed by atoms with E-state index < -0.39 is 0 Å². The molecule has 2 aromatic rings. The van der Waals surface area contributed by atoms with E-state index in [1.54, 1.807) is 24.4 Å². The summed E-state index contributed by atoms with van der Waals surface area (Å²) in [5, 5.41) is 4.59. The van der Waals surface area contributed by atoms with Crippen LogP contribution in [-0.2, 0) is 4.79 Å². The fourth-order valence-corrected chi connectivity index (χ4v) is 1.95. The summed E-state index contributed by atoms with van der Waals surface area (Å²) >= 11 is 5.80. The summed E-state index contributed by atoms with van der Waals surface area (Å²) in [6, 6.07) is 14.7. The zero-order valence-corrected chi connectivity index (χ0v) is 13.5. The number of hydrazone groups is 1. The second kappa shape index (κ2) is 8.76. The minimum Gasteiger partial charge on any atom is -0.493 e. The number of amides is 1. The SMILES string of the molecule is CCOc1ccccc1/C=N\NC(=O)/C=C/c1ccc(Cl)cc1. The second-order valence-electron chi connectivity index (χ2n) is 4.59. The van der Waals surface area contributed by atoms with Crippen LogP contribution in [0.25, 0.3) is 6.08 Å². The summed E-state index contributed by atoms with van der Waals surface area (Å²) in [5.74, 6) is 0.412. The molecule has 23 heavy (non-hydrogen) atoms. The molecule has 0 radical (unpaired) electrons. The van der Waals surface area contributed by atoms with Gasteiger partial charge in [-0.25, -0.2) is 5.43 Å². The van der Waals surface area contributed by atoms with Gasteiger partial charge in [0.15, 0.2) is 0 Å². The molecule has 0 fully saturated rings. The van der Waals surface area contributed by atoms with Crippen LogP contribution in [0.1, 0.15) is 18.1 Å². The van der Waals surface area contributed by atoms with Gasteiger partial charge in [-0.1, -0.05) is 35.9 Å². The molecule has 0 atom stereocenters. The maximum atomic E-state index is 11.7. The third-order valence-electron chi connectivity index (χ3n) is 2.89. The van der Waals surface area contributed by atoms with Gasteiger partial charge in [0.1, 0.15) is 5.75 Å². The molecule has 0 bridgehead atoms. The van der Waals surface area contributed by atoms with E-state index in [0.29, 0.717) is 11.6 Å². The van der Waals surface area contributed by atoms with E-state index >= 15 is 0 Å². The standard InChI is InChI=1S/C18H17ClN2O2/c1-2-23-17-6-4-3-5-15(17)13-20-21-18(22)12-9-14-7-10-16(19)11-8-14/h3-13H,2H2,1H3,(H,21,22)/b12-9+,20-13-. The predicted molar refractivity (Wildman–Crippen MR) is 93.8 cm³/mol. The van der Waals surface area contributed by atoms with Crippen LogP contribution in [0.2, 0.25) is 5.02 Å². The normalized spacial score (nSPS) is 11.0. The van der Waals surface area contributed by atoms with E-state index in [1.165, 1.54) is 6.08 Å². The zero-order valence-electron chi connectivity index (χ0n) is 12.7. The third kappa shape index (κ3) is 5.60. The molecule has 0 saturated carbocycles. The summed E-state index contributed by atoms with van der Waals surface area (Å²) in [6.45, 7) is 2.48. The van der Waals surface area contributed by atoms with Gasteiger partial charge in [0.25, 0.3) is 5.91 Å². The van der Waals surface area contributed by atoms with E-state index in [1.807, 2.05) is 43.3 Å². The summed E-state index contributed by atoms with van der Waals surface area (Å²) in [6.07, 6.45) is 4.66. The number of carbonyl (C=O) groups is 1. The quantitative estimate of drug-likeness (QED) is 0.496. The number of rotatable bonds is 6. The van der Waals surface area contributed by atoms with Gasteiger partial charge >= 0.3 is 0 Å². The molecule has 0 aliphatic heterocycles. The lowest BCUT2D eigenvalue weighted by atomic mass is 10.2. The van der Waals surface area contributed by atoms with Gasteiger partial charge in [-0.05, 0) is 42.8 Å². The molecule has 1 amide bonds. The zero-order chi connectivity index (χ0) is 16.5. The van der Waals surface area contributed by atoms with Crippen LogP contribution in [0.15, 0.2) is 59.7 Å². The lowest BCUT2D eigenvalue weighted by Gasteiger charge is -2.05. The van der Waals surface area contributed by atoms with Crippen molar-refractivity contribution in [3.63, 3.8) is 0 Å². The number of halogens is 1. The number of ether oxygens (including phenoxy) is 1. The van der Waals surface area contributed by atoms with Crippen molar-refractivity contribution in [3.05, 3.63) is 70.8 Å². The van der Waals surface area contributed by atoms with Crippen molar-refractivity contribution in [2.24, 2.45) is 5.10 Å². The molecule has 0 spiro atoms. The van der Waals surface area contributed by atoms with Crippen LogP contribution in [0.3, 0.4) is 0 Å². The van der Waals surface area contributed by atoms with E-state index in [-0.39, 0.29) is 5.91 Å². The molecule has 0 aliphatic carbocycles. The molecule has 0 aromatic heterocycles. The van der Waals surface area contributed by atoms with Gasteiger partial charge in [0, 0.05) is 16.7 Å². The lowest BCUT2D eigenvalue weighted by molar-refractivity contribution is -0.116. The van der Waals surface area contributed by atoms with Crippen molar-refractivity contribution in [3.8, 4) is 5.75 Å². The van der Waals surface area contributed by atoms with Gasteiger partial charge in [-0.2, -0.15) is 5.10 Å². The Balaban J connectivity index is 1.92. The molecule has 0 aliphatic rings. The number of benzene rings is 2. The first-order valence-electron chi connectivity index (χ1n) is 7.17. The van der Waals surface area contributed by atoms with Gasteiger partial charge in [-0.15, -0.1) is 0 Å². The highest BCUT2D eigenvalue weighted by molar-refractivity contribution is 6.30. The van der Waals surface area contributed by atoms with E-state index in [2.05, 4.69) is 10.5 Å². The molecule has 0 saturated heterocycles. The minimum absolute atomic E-state index is 0.315. The largest absolute Gasteiger partial charge is 0.493 e. The summed E-state index contributed by atoms with van der Waals surface area (Å²) in [5.41, 5.74) is 4.13. The molecule has 0 unspecified atom stereocenters. The fourth-order valence-electron chi connectivity index (χ4n) is 1.82. The highest BCUT2D eigenvalue weighted by Gasteiger charge is 1.99. The number of hydrogen-bond acceptors (Lipinski definition) is 3. The van der Waals surface area contributed by atoms with Crippen molar-refractivity contribution < 1.29 is 9.53 Å². The first kappa shape index (κ1) is 16.8. The molecule has 2 aromatic carbocycles. The molecule has 0 heterocycles. The summed E-state index contributed by atoms with van der Waals surface area (Å²) in [7, 11) is 0. The van der Waals surface area contributed by atoms with Crippen molar-refractivity contribution in [2.75, 3.05) is 6.61 Å². The Morgan fingerprint density at radius 1 is 1.22 bits per heavy atom. The van der Waals surface area contributed by atoms with Gasteiger partial charge in [-0.3, -0.25) is 4.79 Å². The van der Waals surface area contributed by atoms with Crippen molar-refractivity contribution in [1.82, 2.24) is 5.43 Å². The molecular weight excluding hydrogens is 312 g/mol. The van der Waals surface area contributed by atoms with E-state index in [9.17, 15) is 4.79 Å². The topological polar surface area (TPSA) is 50.7 Å². The van der Waals surface area contributed by atoms with Gasteiger partial charge < -0.3 is 4.74 Å². The molecule has 2 rings (SSSR count). The smallest absolute Gasteiger partial charge is 0.264 e. The average molecular weight is 329 g/mol. The van der Waals surface area contributed by atoms with Gasteiger partial charge in [0.2, 0.25) is 0 Å². The Kier molecular flexibility index (Phi) is 6.39. The Morgan fingerprint density at radius 2 is 1.96 bits per heavy atom. The van der Waals surface area contributed by atoms with Crippen molar-refractivity contribution in [1.29, 1.82) is 0 Å². The third-order valence-corrected chi connectivity index (χ3v) is 3.15. The fraction of sp³-hybridized carbons (Fsp3) is 0.111. The van der Waals surface area contributed by atoms with E-state index in [0.717, 1.165) is 16.9 Å². The Labute approximate surface area is 140 Å². The monoisotopic (exact) mass is 328 g/mol. The number of nitrogens with one attached hydrogen (secondary N) is 1. The number of para-hydroxylation sites is 1. The molecular formula is C18H17ClN2O2. The average Bonchev–Trinajstić information content (AvgIpc) is 2.56. The maximum Gasteiger partial charge on any atom is 0.264 e. The molecule has 1 N–H and O–H groups in total. The summed E-state index contributed by atoms with van der Waals surface area (Å²) < 4.78 is 5.48. The van der Waals surface area contributed by atoms with Crippen LogP contribution in [0.5, 0.6) is 5.75 Å². The van der Waals surface area contributed by atoms with Crippen molar-refractivity contribution >= 4 is 29.8 Å². The van der Waals surface area contributed by atoms with Crippen molar-refractivity contribution in [2.45, 2.75) is 6.92 Å². The first-order chi connectivity index (χ1) is 11.2. The highest BCUT2D eigenvalue weighted by Crippen LogP contribution is 2.15. The van der Waals surface area contributed by atoms with Crippen LogP contribution < -0.4 is 10.2 Å². The predicted octanol–water partition coefficient (Wildman–Crippen LogP) is 3.90. The Bertz CT molecular complexity index is 709. The van der Waals surface area contributed by atoms with Crippen LogP contribution in [0, 0.1) is 0 Å². The maximum absolute atomic E-state index is 11.7. The number of nitrogens with zero attached hydrogens (tertiary/aromatic N) is 1. The summed E-state index contributed by atoms with van der Waals surface area (Å²) in [4.78, 5) is 11.7.